The summed E-state index contributed by atoms with van der Waals surface area (Å²) in [5, 5.41) is 5.83. The van der Waals surface area contributed by atoms with Crippen molar-refractivity contribution < 1.29 is 9.59 Å². The molecule has 5 nitrogen and oxygen atoms in total. The molecule has 0 aliphatic carbocycles. The smallest absolute Gasteiger partial charge is 0.251 e. The first-order chi connectivity index (χ1) is 13.6. The van der Waals surface area contributed by atoms with E-state index < -0.39 is 0 Å². The van der Waals surface area contributed by atoms with E-state index in [1.54, 1.807) is 12.1 Å². The Labute approximate surface area is 168 Å². The molecule has 0 spiro atoms. The van der Waals surface area contributed by atoms with Gasteiger partial charge >= 0.3 is 0 Å². The van der Waals surface area contributed by atoms with E-state index in [9.17, 15) is 9.59 Å². The van der Waals surface area contributed by atoms with Crippen molar-refractivity contribution in [2.45, 2.75) is 32.7 Å². The van der Waals surface area contributed by atoms with Crippen molar-refractivity contribution in [1.29, 1.82) is 0 Å². The summed E-state index contributed by atoms with van der Waals surface area (Å²) in [5.74, 6) is -0.197. The number of hydrogen-bond acceptors (Lipinski definition) is 3. The van der Waals surface area contributed by atoms with E-state index in [0.717, 1.165) is 19.5 Å². The minimum absolute atomic E-state index is 0.0430. The molecule has 0 saturated carbocycles. The molecule has 2 amide bonds. The molecular weight excluding hydrogens is 350 g/mol. The van der Waals surface area contributed by atoms with E-state index in [4.69, 9.17) is 0 Å². The van der Waals surface area contributed by atoms with Gasteiger partial charge < -0.3 is 10.6 Å². The molecular formula is C23H31N3O2. The molecule has 0 bridgehead atoms. The molecule has 0 aromatic heterocycles. The summed E-state index contributed by atoms with van der Waals surface area (Å²) in [7, 11) is 0. The van der Waals surface area contributed by atoms with Crippen LogP contribution in [-0.4, -0.2) is 48.9 Å². The maximum atomic E-state index is 12.2. The Morgan fingerprint density at radius 2 is 1.50 bits per heavy atom. The normalized spacial score (nSPS) is 11.8. The summed E-state index contributed by atoms with van der Waals surface area (Å²) < 4.78 is 0. The highest BCUT2D eigenvalue weighted by atomic mass is 16.2. The predicted octanol–water partition coefficient (Wildman–Crippen LogP) is 2.88. The zero-order valence-corrected chi connectivity index (χ0v) is 16.9. The lowest BCUT2D eigenvalue weighted by molar-refractivity contribution is -0.121. The molecule has 0 aliphatic heterocycles. The third-order valence-electron chi connectivity index (χ3n) is 4.85. The topological polar surface area (TPSA) is 61.4 Å². The van der Waals surface area contributed by atoms with Gasteiger partial charge in [-0.2, -0.15) is 0 Å². The van der Waals surface area contributed by atoms with Crippen LogP contribution in [0.3, 0.4) is 0 Å². The van der Waals surface area contributed by atoms with Gasteiger partial charge in [0.25, 0.3) is 5.91 Å². The average molecular weight is 382 g/mol. The number of hydrogen-bond donors (Lipinski definition) is 2. The van der Waals surface area contributed by atoms with Crippen molar-refractivity contribution in [3.05, 3.63) is 71.8 Å². The van der Waals surface area contributed by atoms with Crippen LogP contribution in [0.15, 0.2) is 60.7 Å². The number of rotatable bonds is 11. The lowest BCUT2D eigenvalue weighted by Crippen LogP contribution is -2.45. The van der Waals surface area contributed by atoms with Gasteiger partial charge in [-0.25, -0.2) is 0 Å². The number of carbonyl (C=O) groups is 2. The molecule has 0 saturated heterocycles. The standard InChI is InChI=1S/C23H31N3O2/c1-3-26(4-2)21(17-19-11-7-5-8-12-19)18-25-22(27)15-16-24-23(28)20-13-9-6-10-14-20/h5-14,21H,3-4,15-18H2,1-2H3,(H,24,28)(H,25,27). The van der Waals surface area contributed by atoms with Crippen molar-refractivity contribution in [1.82, 2.24) is 15.5 Å². The van der Waals surface area contributed by atoms with E-state index >= 15 is 0 Å². The van der Waals surface area contributed by atoms with Gasteiger partial charge in [0.2, 0.25) is 5.91 Å². The van der Waals surface area contributed by atoms with Gasteiger partial charge in [0.1, 0.15) is 0 Å². The van der Waals surface area contributed by atoms with Crippen molar-refractivity contribution in [2.24, 2.45) is 0 Å². The molecule has 1 atom stereocenters. The summed E-state index contributed by atoms with van der Waals surface area (Å²) in [5.41, 5.74) is 1.87. The fourth-order valence-corrected chi connectivity index (χ4v) is 3.26. The number of carbonyl (C=O) groups excluding carboxylic acids is 2. The van der Waals surface area contributed by atoms with Crippen LogP contribution >= 0.6 is 0 Å². The maximum absolute atomic E-state index is 12.2. The lowest BCUT2D eigenvalue weighted by Gasteiger charge is -2.30. The van der Waals surface area contributed by atoms with Crippen molar-refractivity contribution >= 4 is 11.8 Å². The van der Waals surface area contributed by atoms with Gasteiger partial charge in [-0.1, -0.05) is 62.4 Å². The summed E-state index contributed by atoms with van der Waals surface area (Å²) in [6, 6.07) is 19.6. The summed E-state index contributed by atoms with van der Waals surface area (Å²) in [6.45, 7) is 7.09. The van der Waals surface area contributed by atoms with E-state index in [2.05, 4.69) is 41.5 Å². The summed E-state index contributed by atoms with van der Waals surface area (Å²) >= 11 is 0. The lowest BCUT2D eigenvalue weighted by atomic mass is 10.0. The molecule has 2 rings (SSSR count). The zero-order valence-electron chi connectivity index (χ0n) is 16.9. The zero-order chi connectivity index (χ0) is 20.2. The predicted molar refractivity (Wildman–Crippen MR) is 113 cm³/mol. The third-order valence-corrected chi connectivity index (χ3v) is 4.85. The monoisotopic (exact) mass is 381 g/mol. The minimum atomic E-state index is -0.154. The quantitative estimate of drug-likeness (QED) is 0.629. The minimum Gasteiger partial charge on any atom is -0.354 e. The van der Waals surface area contributed by atoms with Crippen molar-refractivity contribution in [3.8, 4) is 0 Å². The first-order valence-corrected chi connectivity index (χ1v) is 10.0. The Morgan fingerprint density at radius 3 is 2.11 bits per heavy atom. The largest absolute Gasteiger partial charge is 0.354 e. The molecule has 0 fully saturated rings. The Bertz CT molecular complexity index is 715. The van der Waals surface area contributed by atoms with E-state index in [0.29, 0.717) is 18.7 Å². The number of benzene rings is 2. The molecule has 2 N–H and O–H groups in total. The van der Waals surface area contributed by atoms with Crippen LogP contribution in [0.1, 0.15) is 36.2 Å². The molecule has 0 heterocycles. The van der Waals surface area contributed by atoms with Crippen LogP contribution in [-0.2, 0) is 11.2 Å². The number of likely N-dealkylation sites (N-methyl/N-ethyl adjacent to an activating group) is 1. The summed E-state index contributed by atoms with van der Waals surface area (Å²) in [6.07, 6.45) is 1.17. The molecule has 2 aromatic carbocycles. The molecule has 0 radical (unpaired) electrons. The first kappa shape index (κ1) is 21.6. The second-order valence-corrected chi connectivity index (χ2v) is 6.74. The Hall–Kier alpha value is -2.66. The fraction of sp³-hybridized carbons (Fsp3) is 0.391. The molecule has 1 unspecified atom stereocenters. The van der Waals surface area contributed by atoms with Crippen LogP contribution in [0.25, 0.3) is 0 Å². The third kappa shape index (κ3) is 7.16. The molecule has 150 valence electrons. The number of nitrogens with zero attached hydrogens (tertiary/aromatic N) is 1. The van der Waals surface area contributed by atoms with Crippen LogP contribution in [0.4, 0.5) is 0 Å². The highest BCUT2D eigenvalue weighted by Gasteiger charge is 2.17. The SMILES string of the molecule is CCN(CC)C(CNC(=O)CCNC(=O)c1ccccc1)Cc1ccccc1. The van der Waals surface area contributed by atoms with Crippen molar-refractivity contribution in [2.75, 3.05) is 26.2 Å². The maximum Gasteiger partial charge on any atom is 0.251 e. The molecule has 0 aliphatic rings. The van der Waals surface area contributed by atoms with Gasteiger partial charge in [0.05, 0.1) is 0 Å². The second kappa shape index (κ2) is 11.9. The highest BCUT2D eigenvalue weighted by Crippen LogP contribution is 2.09. The van der Waals surface area contributed by atoms with E-state index in [-0.39, 0.29) is 24.3 Å². The Kier molecular flexibility index (Phi) is 9.22. The van der Waals surface area contributed by atoms with Gasteiger partial charge in [-0.3, -0.25) is 14.5 Å². The fourth-order valence-electron chi connectivity index (χ4n) is 3.26. The molecule has 28 heavy (non-hydrogen) atoms. The van der Waals surface area contributed by atoms with Crippen LogP contribution in [0, 0.1) is 0 Å². The van der Waals surface area contributed by atoms with Crippen LogP contribution in [0.5, 0.6) is 0 Å². The number of nitrogens with one attached hydrogen (secondary N) is 2. The number of amides is 2. The molecule has 2 aromatic rings. The van der Waals surface area contributed by atoms with E-state index in [1.807, 2.05) is 36.4 Å². The van der Waals surface area contributed by atoms with Crippen LogP contribution in [0.2, 0.25) is 0 Å². The van der Waals surface area contributed by atoms with Crippen molar-refractivity contribution in [3.63, 3.8) is 0 Å². The first-order valence-electron chi connectivity index (χ1n) is 10.0. The summed E-state index contributed by atoms with van der Waals surface area (Å²) in [4.78, 5) is 26.6. The van der Waals surface area contributed by atoms with Gasteiger partial charge in [-0.15, -0.1) is 0 Å². The van der Waals surface area contributed by atoms with Crippen LogP contribution < -0.4 is 10.6 Å². The van der Waals surface area contributed by atoms with Gasteiger partial charge in [0, 0.05) is 31.1 Å². The van der Waals surface area contributed by atoms with Gasteiger partial charge in [-0.05, 0) is 37.2 Å². The highest BCUT2D eigenvalue weighted by molar-refractivity contribution is 5.94. The second-order valence-electron chi connectivity index (χ2n) is 6.74. The Morgan fingerprint density at radius 1 is 0.893 bits per heavy atom. The average Bonchev–Trinajstić information content (AvgIpc) is 2.74. The Balaban J connectivity index is 1.79. The van der Waals surface area contributed by atoms with Gasteiger partial charge in [0.15, 0.2) is 0 Å². The van der Waals surface area contributed by atoms with E-state index in [1.165, 1.54) is 5.56 Å². The molecule has 5 heteroatoms.